The number of carbonyl (C=O) groups excluding carboxylic acids is 1. The van der Waals surface area contributed by atoms with Crippen LogP contribution in [0.1, 0.15) is 33.1 Å². The Labute approximate surface area is 108 Å². The summed E-state index contributed by atoms with van der Waals surface area (Å²) in [7, 11) is 0. The second-order valence-electron chi connectivity index (χ2n) is 4.46. The molecule has 1 fully saturated rings. The van der Waals surface area contributed by atoms with E-state index in [2.05, 4.69) is 22.5 Å². The molecule has 1 atom stereocenters. The van der Waals surface area contributed by atoms with Crippen LogP contribution in [0.5, 0.6) is 0 Å². The molecule has 1 unspecified atom stereocenters. The number of alkyl carbamates (subject to hydrolysis) is 1. The zero-order valence-corrected chi connectivity index (χ0v) is 11.2. The van der Waals surface area contributed by atoms with E-state index in [0.717, 1.165) is 25.8 Å². The van der Waals surface area contributed by atoms with Gasteiger partial charge < -0.3 is 21.1 Å². The number of aliphatic imine (C=N–C) groups is 1. The number of carbonyl (C=O) groups is 1. The van der Waals surface area contributed by atoms with Crippen LogP contribution >= 0.6 is 0 Å². The molecule has 4 N–H and O–H groups in total. The van der Waals surface area contributed by atoms with Crippen molar-refractivity contribution in [1.82, 2.24) is 10.6 Å². The number of hydrogen-bond donors (Lipinski definition) is 3. The summed E-state index contributed by atoms with van der Waals surface area (Å²) in [6, 6.07) is 0.0334. The molecule has 0 saturated heterocycles. The summed E-state index contributed by atoms with van der Waals surface area (Å²) in [5, 5.41) is 5.85. The summed E-state index contributed by atoms with van der Waals surface area (Å²) < 4.78 is 4.88. The van der Waals surface area contributed by atoms with Crippen LogP contribution in [-0.4, -0.2) is 37.8 Å². The summed E-state index contributed by atoms with van der Waals surface area (Å²) in [4.78, 5) is 15.6. The molecule has 0 aromatic carbocycles. The van der Waals surface area contributed by atoms with Gasteiger partial charge in [0, 0.05) is 6.54 Å². The van der Waals surface area contributed by atoms with E-state index in [1.165, 1.54) is 0 Å². The Balaban J connectivity index is 2.35. The van der Waals surface area contributed by atoms with Gasteiger partial charge in [0.1, 0.15) is 0 Å². The number of guanidine groups is 1. The van der Waals surface area contributed by atoms with Gasteiger partial charge in [0.25, 0.3) is 0 Å². The van der Waals surface area contributed by atoms with Gasteiger partial charge in [-0.1, -0.05) is 6.92 Å². The Morgan fingerprint density at radius 2 is 2.22 bits per heavy atom. The molecule has 0 radical (unpaired) electrons. The lowest BCUT2D eigenvalue weighted by Crippen LogP contribution is -2.40. The van der Waals surface area contributed by atoms with Crippen molar-refractivity contribution in [1.29, 1.82) is 0 Å². The van der Waals surface area contributed by atoms with E-state index in [4.69, 9.17) is 10.5 Å². The van der Waals surface area contributed by atoms with Gasteiger partial charge in [-0.05, 0) is 32.1 Å². The van der Waals surface area contributed by atoms with Gasteiger partial charge in [-0.3, -0.25) is 4.99 Å². The molecule has 0 aromatic rings. The molecular formula is C12H24N4O2. The molecule has 0 heterocycles. The molecule has 104 valence electrons. The molecule has 1 rings (SSSR count). The van der Waals surface area contributed by atoms with E-state index in [9.17, 15) is 4.79 Å². The topological polar surface area (TPSA) is 88.7 Å². The molecule has 0 bridgehead atoms. The maximum atomic E-state index is 11.4. The Bertz CT molecular complexity index is 290. The normalized spacial score (nSPS) is 17.1. The first kappa shape index (κ1) is 14.6. The Morgan fingerprint density at radius 3 is 2.78 bits per heavy atom. The van der Waals surface area contributed by atoms with Crippen molar-refractivity contribution in [3.63, 3.8) is 0 Å². The van der Waals surface area contributed by atoms with Crippen molar-refractivity contribution >= 4 is 12.1 Å². The smallest absolute Gasteiger partial charge is 0.407 e. The van der Waals surface area contributed by atoms with E-state index >= 15 is 0 Å². The van der Waals surface area contributed by atoms with Crippen LogP contribution in [0.25, 0.3) is 0 Å². The summed E-state index contributed by atoms with van der Waals surface area (Å²) in [5.41, 5.74) is 5.71. The molecule has 1 aliphatic carbocycles. The number of ether oxygens (including phenoxy) is 1. The number of hydrogen-bond acceptors (Lipinski definition) is 3. The first-order valence-electron chi connectivity index (χ1n) is 6.64. The quantitative estimate of drug-likeness (QED) is 0.465. The fourth-order valence-corrected chi connectivity index (χ4v) is 1.64. The average Bonchev–Trinajstić information content (AvgIpc) is 3.16. The summed E-state index contributed by atoms with van der Waals surface area (Å²) >= 11 is 0. The second kappa shape index (κ2) is 7.79. The zero-order valence-electron chi connectivity index (χ0n) is 11.2. The van der Waals surface area contributed by atoms with Crippen LogP contribution in [-0.2, 0) is 4.74 Å². The lowest BCUT2D eigenvalue weighted by molar-refractivity contribution is 0.147. The molecule has 1 saturated carbocycles. The third kappa shape index (κ3) is 5.75. The van der Waals surface area contributed by atoms with Crippen LogP contribution in [0.15, 0.2) is 4.99 Å². The molecule has 1 aliphatic rings. The molecular weight excluding hydrogens is 232 g/mol. The van der Waals surface area contributed by atoms with Crippen LogP contribution in [0.4, 0.5) is 4.79 Å². The average molecular weight is 256 g/mol. The number of amides is 1. The first-order valence-corrected chi connectivity index (χ1v) is 6.64. The fourth-order valence-electron chi connectivity index (χ4n) is 1.64. The monoisotopic (exact) mass is 256 g/mol. The molecule has 1 amide bonds. The highest BCUT2D eigenvalue weighted by Gasteiger charge is 2.32. The highest BCUT2D eigenvalue weighted by molar-refractivity contribution is 5.77. The van der Waals surface area contributed by atoms with E-state index in [1.807, 2.05) is 0 Å². The molecule has 18 heavy (non-hydrogen) atoms. The van der Waals surface area contributed by atoms with Crippen LogP contribution in [0.3, 0.4) is 0 Å². The minimum absolute atomic E-state index is 0.0334. The molecule has 0 aliphatic heterocycles. The van der Waals surface area contributed by atoms with Crippen molar-refractivity contribution in [3.05, 3.63) is 0 Å². The predicted octanol–water partition coefficient (Wildman–Crippen LogP) is 0.825. The van der Waals surface area contributed by atoms with Gasteiger partial charge in [0.15, 0.2) is 5.96 Å². The van der Waals surface area contributed by atoms with Gasteiger partial charge in [-0.25, -0.2) is 4.79 Å². The number of nitrogens with one attached hydrogen (secondary N) is 2. The SMILES string of the molecule is CCCNC(N)=NCC(NC(=O)OCC)C1CC1. The highest BCUT2D eigenvalue weighted by Crippen LogP contribution is 2.32. The van der Waals surface area contributed by atoms with Crippen molar-refractivity contribution in [2.75, 3.05) is 19.7 Å². The molecule has 6 heteroatoms. The summed E-state index contributed by atoms with van der Waals surface area (Å²) in [6.45, 7) is 5.56. The minimum Gasteiger partial charge on any atom is -0.450 e. The highest BCUT2D eigenvalue weighted by atomic mass is 16.5. The van der Waals surface area contributed by atoms with Gasteiger partial charge in [-0.2, -0.15) is 0 Å². The van der Waals surface area contributed by atoms with E-state index in [0.29, 0.717) is 25.0 Å². The maximum Gasteiger partial charge on any atom is 0.407 e. The van der Waals surface area contributed by atoms with Crippen molar-refractivity contribution in [2.24, 2.45) is 16.6 Å². The van der Waals surface area contributed by atoms with Gasteiger partial charge in [-0.15, -0.1) is 0 Å². The predicted molar refractivity (Wildman–Crippen MR) is 71.5 cm³/mol. The lowest BCUT2D eigenvalue weighted by Gasteiger charge is -2.16. The van der Waals surface area contributed by atoms with E-state index in [-0.39, 0.29) is 12.1 Å². The van der Waals surface area contributed by atoms with Crippen LogP contribution < -0.4 is 16.4 Å². The molecule has 6 nitrogen and oxygen atoms in total. The van der Waals surface area contributed by atoms with Gasteiger partial charge >= 0.3 is 6.09 Å². The van der Waals surface area contributed by atoms with Gasteiger partial charge in [0.05, 0.1) is 19.2 Å². The van der Waals surface area contributed by atoms with Crippen molar-refractivity contribution in [2.45, 2.75) is 39.2 Å². The molecule has 0 aromatic heterocycles. The summed E-state index contributed by atoms with van der Waals surface area (Å²) in [6.07, 6.45) is 2.90. The fraction of sp³-hybridized carbons (Fsp3) is 0.833. The lowest BCUT2D eigenvalue weighted by atomic mass is 10.2. The third-order valence-corrected chi connectivity index (χ3v) is 2.78. The van der Waals surface area contributed by atoms with Crippen molar-refractivity contribution < 1.29 is 9.53 Å². The number of rotatable bonds is 7. The largest absolute Gasteiger partial charge is 0.450 e. The van der Waals surface area contributed by atoms with Gasteiger partial charge in [0.2, 0.25) is 0 Å². The van der Waals surface area contributed by atoms with Crippen molar-refractivity contribution in [3.8, 4) is 0 Å². The standard InChI is InChI=1S/C12H24N4O2/c1-3-7-14-11(13)15-8-10(9-5-6-9)16-12(17)18-4-2/h9-10H,3-8H2,1-2H3,(H,16,17)(H3,13,14,15). The third-order valence-electron chi connectivity index (χ3n) is 2.78. The first-order chi connectivity index (χ1) is 8.67. The number of nitrogens with two attached hydrogens (primary N) is 1. The van der Waals surface area contributed by atoms with E-state index in [1.54, 1.807) is 6.92 Å². The Morgan fingerprint density at radius 1 is 1.50 bits per heavy atom. The van der Waals surface area contributed by atoms with Crippen LogP contribution in [0, 0.1) is 5.92 Å². The maximum absolute atomic E-state index is 11.4. The second-order valence-corrected chi connectivity index (χ2v) is 4.46. The Kier molecular flexibility index (Phi) is 6.32. The zero-order chi connectivity index (χ0) is 13.4. The number of nitrogens with zero attached hydrogens (tertiary/aromatic N) is 1. The van der Waals surface area contributed by atoms with E-state index < -0.39 is 0 Å². The minimum atomic E-state index is -0.371. The summed E-state index contributed by atoms with van der Waals surface area (Å²) in [5.74, 6) is 0.949. The van der Waals surface area contributed by atoms with Crippen LogP contribution in [0.2, 0.25) is 0 Å². The molecule has 0 spiro atoms. The Hall–Kier alpha value is -1.46.